The number of hydrazine groups is 1. The fraction of sp³-hybridized carbons (Fsp3) is 0.200. The smallest absolute Gasteiger partial charge is 0.283 e. The Hall–Kier alpha value is -3.48. The van der Waals surface area contributed by atoms with Crippen molar-refractivity contribution in [2.45, 2.75) is 19.4 Å². The number of H-pyrrole nitrogens is 1. The summed E-state index contributed by atoms with van der Waals surface area (Å²) in [4.78, 5) is 27.8. The molecule has 2 aromatic carbocycles. The second kappa shape index (κ2) is 7.03. The van der Waals surface area contributed by atoms with E-state index in [2.05, 4.69) is 15.8 Å². The first-order chi connectivity index (χ1) is 13.1. The molecule has 0 saturated heterocycles. The van der Waals surface area contributed by atoms with Crippen molar-refractivity contribution in [3.63, 3.8) is 0 Å². The summed E-state index contributed by atoms with van der Waals surface area (Å²) < 4.78 is 11.1. The molecule has 1 aliphatic heterocycles. The summed E-state index contributed by atoms with van der Waals surface area (Å²) in [5, 5.41) is 0.997. The number of aromatic nitrogens is 1. The third-order valence-electron chi connectivity index (χ3n) is 4.49. The Balaban J connectivity index is 1.35. The van der Waals surface area contributed by atoms with Gasteiger partial charge in [0.15, 0.2) is 11.5 Å². The van der Waals surface area contributed by atoms with Gasteiger partial charge in [-0.1, -0.05) is 30.3 Å². The molecule has 3 aromatic rings. The van der Waals surface area contributed by atoms with Crippen LogP contribution in [0, 0.1) is 6.92 Å². The predicted octanol–water partition coefficient (Wildman–Crippen LogP) is 2.01. The number of aryl methyl sites for hydroxylation is 1. The van der Waals surface area contributed by atoms with Gasteiger partial charge in [0, 0.05) is 16.6 Å². The molecule has 7 heteroatoms. The number of nitrogens with one attached hydrogen (secondary N) is 3. The van der Waals surface area contributed by atoms with E-state index in [1.54, 1.807) is 18.2 Å². The number of benzene rings is 2. The number of rotatable bonds is 3. The molecule has 7 nitrogen and oxygen atoms in total. The van der Waals surface area contributed by atoms with Crippen LogP contribution in [0.2, 0.25) is 0 Å². The van der Waals surface area contributed by atoms with Crippen LogP contribution in [0.25, 0.3) is 10.9 Å². The number of aromatic amines is 1. The van der Waals surface area contributed by atoms with E-state index in [1.807, 2.05) is 37.3 Å². The van der Waals surface area contributed by atoms with E-state index in [0.717, 1.165) is 22.2 Å². The zero-order valence-electron chi connectivity index (χ0n) is 14.7. The van der Waals surface area contributed by atoms with Gasteiger partial charge in [-0.05, 0) is 30.7 Å². The highest BCUT2D eigenvalue weighted by molar-refractivity contribution is 5.91. The number of amides is 2. The minimum Gasteiger partial charge on any atom is -0.485 e. The summed E-state index contributed by atoms with van der Waals surface area (Å²) in [6.45, 7) is 2.01. The molecule has 1 aromatic heterocycles. The highest BCUT2D eigenvalue weighted by atomic mass is 16.6. The molecule has 1 aliphatic rings. The summed E-state index contributed by atoms with van der Waals surface area (Å²) in [7, 11) is 0. The number of ether oxygens (including phenoxy) is 2. The van der Waals surface area contributed by atoms with Crippen molar-refractivity contribution in [3.05, 3.63) is 59.8 Å². The van der Waals surface area contributed by atoms with E-state index >= 15 is 0 Å². The lowest BCUT2D eigenvalue weighted by Gasteiger charge is -2.25. The van der Waals surface area contributed by atoms with Crippen LogP contribution >= 0.6 is 0 Å². The number of carbonyl (C=O) groups is 2. The maximum Gasteiger partial charge on any atom is 0.283 e. The molecule has 3 N–H and O–H groups in total. The third kappa shape index (κ3) is 3.44. The van der Waals surface area contributed by atoms with Gasteiger partial charge >= 0.3 is 0 Å². The molecule has 1 atom stereocenters. The van der Waals surface area contributed by atoms with Crippen LogP contribution in [0.5, 0.6) is 11.5 Å². The number of hydrogen-bond acceptors (Lipinski definition) is 4. The van der Waals surface area contributed by atoms with Crippen molar-refractivity contribution in [1.29, 1.82) is 0 Å². The summed E-state index contributed by atoms with van der Waals surface area (Å²) in [5.41, 5.74) is 7.67. The first-order valence-corrected chi connectivity index (χ1v) is 8.65. The average Bonchev–Trinajstić information content (AvgIpc) is 3.01. The number of para-hydroxylation sites is 3. The molecular weight excluding hydrogens is 346 g/mol. The Morgan fingerprint density at radius 3 is 2.67 bits per heavy atom. The Morgan fingerprint density at radius 1 is 1.07 bits per heavy atom. The standard InChI is InChI=1S/C20H19N3O4/c1-12-14(13-6-2-3-7-15(13)21-12)10-19(24)22-23-20(25)18-11-26-16-8-4-5-9-17(16)27-18/h2-9,18,21H,10-11H2,1H3,(H,22,24)(H,23,25). The maximum atomic E-state index is 12.3. The summed E-state index contributed by atoms with van der Waals surface area (Å²) in [5.74, 6) is 0.326. The molecule has 0 aliphatic carbocycles. The van der Waals surface area contributed by atoms with E-state index in [1.165, 1.54) is 0 Å². The Labute approximate surface area is 155 Å². The molecule has 0 spiro atoms. The summed E-state index contributed by atoms with van der Waals surface area (Å²) in [6, 6.07) is 14.9. The van der Waals surface area contributed by atoms with Gasteiger partial charge in [0.1, 0.15) is 6.61 Å². The van der Waals surface area contributed by atoms with Crippen LogP contribution in [0.1, 0.15) is 11.3 Å². The number of carbonyl (C=O) groups excluding carboxylic acids is 2. The van der Waals surface area contributed by atoms with Gasteiger partial charge in [-0.15, -0.1) is 0 Å². The van der Waals surface area contributed by atoms with Crippen molar-refractivity contribution < 1.29 is 19.1 Å². The highest BCUT2D eigenvalue weighted by Gasteiger charge is 2.27. The van der Waals surface area contributed by atoms with E-state index in [0.29, 0.717) is 11.5 Å². The Bertz CT molecular complexity index is 1010. The van der Waals surface area contributed by atoms with Gasteiger partial charge < -0.3 is 14.5 Å². The van der Waals surface area contributed by atoms with E-state index in [4.69, 9.17) is 9.47 Å². The van der Waals surface area contributed by atoms with Crippen molar-refractivity contribution in [3.8, 4) is 11.5 Å². The largest absolute Gasteiger partial charge is 0.485 e. The first-order valence-electron chi connectivity index (χ1n) is 8.65. The topological polar surface area (TPSA) is 92.5 Å². The summed E-state index contributed by atoms with van der Waals surface area (Å²) in [6.07, 6.45) is -0.670. The molecule has 138 valence electrons. The lowest BCUT2D eigenvalue weighted by molar-refractivity contribution is -0.134. The van der Waals surface area contributed by atoms with E-state index in [9.17, 15) is 9.59 Å². The van der Waals surface area contributed by atoms with Crippen molar-refractivity contribution in [2.75, 3.05) is 6.61 Å². The predicted molar refractivity (Wildman–Crippen MR) is 99.4 cm³/mol. The quantitative estimate of drug-likeness (QED) is 0.619. The molecular formula is C20H19N3O4. The van der Waals surface area contributed by atoms with Gasteiger partial charge in [0.05, 0.1) is 6.42 Å². The lowest BCUT2D eigenvalue weighted by atomic mass is 10.1. The van der Waals surface area contributed by atoms with E-state index < -0.39 is 12.0 Å². The normalized spacial score (nSPS) is 15.4. The molecule has 0 saturated carbocycles. The van der Waals surface area contributed by atoms with Crippen LogP contribution in [-0.4, -0.2) is 29.5 Å². The van der Waals surface area contributed by atoms with Crippen LogP contribution in [0.4, 0.5) is 0 Å². The van der Waals surface area contributed by atoms with Crippen molar-refractivity contribution >= 4 is 22.7 Å². The molecule has 2 heterocycles. The third-order valence-corrected chi connectivity index (χ3v) is 4.49. The van der Waals surface area contributed by atoms with Crippen LogP contribution in [-0.2, 0) is 16.0 Å². The number of hydrogen-bond donors (Lipinski definition) is 3. The van der Waals surface area contributed by atoms with Crippen LogP contribution < -0.4 is 20.3 Å². The Kier molecular flexibility index (Phi) is 4.42. The molecule has 1 unspecified atom stereocenters. The molecule has 0 fully saturated rings. The monoisotopic (exact) mass is 365 g/mol. The molecule has 2 amide bonds. The lowest BCUT2D eigenvalue weighted by Crippen LogP contribution is -2.51. The van der Waals surface area contributed by atoms with Gasteiger partial charge in [-0.25, -0.2) is 0 Å². The minimum atomic E-state index is -0.824. The number of fused-ring (bicyclic) bond motifs is 2. The zero-order chi connectivity index (χ0) is 18.8. The fourth-order valence-corrected chi connectivity index (χ4v) is 3.13. The molecule has 0 radical (unpaired) electrons. The van der Waals surface area contributed by atoms with Gasteiger partial charge in [0.25, 0.3) is 5.91 Å². The fourth-order valence-electron chi connectivity index (χ4n) is 3.13. The highest BCUT2D eigenvalue weighted by Crippen LogP contribution is 2.30. The Morgan fingerprint density at radius 2 is 1.81 bits per heavy atom. The molecule has 27 heavy (non-hydrogen) atoms. The van der Waals surface area contributed by atoms with Crippen LogP contribution in [0.15, 0.2) is 48.5 Å². The minimum absolute atomic E-state index is 0.0836. The van der Waals surface area contributed by atoms with Crippen molar-refractivity contribution in [1.82, 2.24) is 15.8 Å². The second-order valence-corrected chi connectivity index (χ2v) is 6.35. The SMILES string of the molecule is Cc1[nH]c2ccccc2c1CC(=O)NNC(=O)C1COc2ccccc2O1. The van der Waals surface area contributed by atoms with Gasteiger partial charge in [0.2, 0.25) is 12.0 Å². The molecule has 0 bridgehead atoms. The summed E-state index contributed by atoms with van der Waals surface area (Å²) >= 11 is 0. The maximum absolute atomic E-state index is 12.3. The molecule has 4 rings (SSSR count). The zero-order valence-corrected chi connectivity index (χ0v) is 14.7. The van der Waals surface area contributed by atoms with E-state index in [-0.39, 0.29) is 18.9 Å². The van der Waals surface area contributed by atoms with Crippen molar-refractivity contribution in [2.24, 2.45) is 0 Å². The average molecular weight is 365 g/mol. The van der Waals surface area contributed by atoms with Gasteiger partial charge in [-0.3, -0.25) is 20.4 Å². The second-order valence-electron chi connectivity index (χ2n) is 6.35. The first kappa shape index (κ1) is 17.0. The van der Waals surface area contributed by atoms with Crippen LogP contribution in [0.3, 0.4) is 0 Å². The van der Waals surface area contributed by atoms with Gasteiger partial charge in [-0.2, -0.15) is 0 Å².